The van der Waals surface area contributed by atoms with Crippen molar-refractivity contribution in [2.45, 2.75) is 64.6 Å². The van der Waals surface area contributed by atoms with E-state index in [2.05, 4.69) is 5.32 Å². The Morgan fingerprint density at radius 3 is 2.13 bits per heavy atom. The fourth-order valence-corrected chi connectivity index (χ4v) is 3.56. The lowest BCUT2D eigenvalue weighted by atomic mass is 9.79. The number of hydrogen-bond acceptors (Lipinski definition) is 5. The molecule has 0 bridgehead atoms. The van der Waals surface area contributed by atoms with Gasteiger partial charge in [-0.15, -0.1) is 0 Å². The predicted molar refractivity (Wildman–Crippen MR) is 86.8 cm³/mol. The lowest BCUT2D eigenvalue weighted by Gasteiger charge is -2.51. The quantitative estimate of drug-likeness (QED) is 0.628. The number of aromatic hydroxyl groups is 2. The van der Waals surface area contributed by atoms with Gasteiger partial charge in [-0.1, -0.05) is 0 Å². The third-order valence-electron chi connectivity index (χ3n) is 4.54. The average Bonchev–Trinajstić information content (AvgIpc) is 2.39. The van der Waals surface area contributed by atoms with Crippen LogP contribution in [-0.4, -0.2) is 43.5 Å². The van der Waals surface area contributed by atoms with Crippen LogP contribution < -0.4 is 5.32 Å². The molecule has 23 heavy (non-hydrogen) atoms. The first-order valence-corrected chi connectivity index (χ1v) is 7.77. The van der Waals surface area contributed by atoms with Gasteiger partial charge < -0.3 is 20.7 Å². The van der Waals surface area contributed by atoms with Crippen molar-refractivity contribution in [3.8, 4) is 11.5 Å². The summed E-state index contributed by atoms with van der Waals surface area (Å²) >= 11 is 0. The number of piperidine rings is 1. The SMILES string of the molecule is Cc1cc(O)c(O)cc1C(=O)NC1CC(C)(C)N(O)C(C)(C)C1. The maximum absolute atomic E-state index is 12.5. The molecule has 0 atom stereocenters. The Hall–Kier alpha value is -1.79. The molecule has 1 amide bonds. The first kappa shape index (κ1) is 17.6. The van der Waals surface area contributed by atoms with Crippen molar-refractivity contribution >= 4 is 5.91 Å². The van der Waals surface area contributed by atoms with Crippen molar-refractivity contribution in [3.63, 3.8) is 0 Å². The molecular weight excluding hydrogens is 296 g/mol. The van der Waals surface area contributed by atoms with E-state index in [0.29, 0.717) is 24.0 Å². The number of nitrogens with zero attached hydrogens (tertiary/aromatic N) is 1. The molecule has 1 aromatic rings. The summed E-state index contributed by atoms with van der Waals surface area (Å²) in [4.78, 5) is 12.5. The lowest BCUT2D eigenvalue weighted by Crippen LogP contribution is -2.62. The number of benzene rings is 1. The van der Waals surface area contributed by atoms with E-state index >= 15 is 0 Å². The zero-order chi connectivity index (χ0) is 17.6. The Labute approximate surface area is 136 Å². The van der Waals surface area contributed by atoms with E-state index in [9.17, 15) is 20.2 Å². The first-order chi connectivity index (χ1) is 10.4. The molecule has 0 radical (unpaired) electrons. The maximum Gasteiger partial charge on any atom is 0.251 e. The molecule has 0 unspecified atom stereocenters. The molecule has 128 valence electrons. The van der Waals surface area contributed by atoms with Gasteiger partial charge in [0.2, 0.25) is 0 Å². The second-order valence-corrected chi connectivity index (χ2v) is 7.67. The predicted octanol–water partition coefficient (Wildman–Crippen LogP) is 2.55. The van der Waals surface area contributed by atoms with Crippen LogP contribution in [-0.2, 0) is 0 Å². The number of carbonyl (C=O) groups is 1. The summed E-state index contributed by atoms with van der Waals surface area (Å²) < 4.78 is 0. The summed E-state index contributed by atoms with van der Waals surface area (Å²) in [6, 6.07) is 2.55. The van der Waals surface area contributed by atoms with E-state index in [0.717, 1.165) is 0 Å². The monoisotopic (exact) mass is 322 g/mol. The first-order valence-electron chi connectivity index (χ1n) is 7.77. The number of hydroxylamine groups is 2. The van der Waals surface area contributed by atoms with Crippen LogP contribution in [0.4, 0.5) is 0 Å². The molecule has 1 aromatic carbocycles. The number of phenolic OH excluding ortho intramolecular Hbond substituents is 2. The zero-order valence-electron chi connectivity index (χ0n) is 14.3. The Morgan fingerprint density at radius 2 is 1.61 bits per heavy atom. The second kappa shape index (κ2) is 5.69. The number of amides is 1. The van der Waals surface area contributed by atoms with E-state index in [1.807, 2.05) is 27.7 Å². The van der Waals surface area contributed by atoms with E-state index in [1.54, 1.807) is 6.92 Å². The fourth-order valence-electron chi connectivity index (χ4n) is 3.56. The molecule has 2 rings (SSSR count). The second-order valence-electron chi connectivity index (χ2n) is 7.67. The minimum absolute atomic E-state index is 0.0914. The Kier molecular flexibility index (Phi) is 4.34. The van der Waals surface area contributed by atoms with Gasteiger partial charge in [0.05, 0.1) is 0 Å². The third kappa shape index (κ3) is 3.43. The van der Waals surface area contributed by atoms with Gasteiger partial charge in [0.1, 0.15) is 0 Å². The van der Waals surface area contributed by atoms with E-state index in [4.69, 9.17) is 0 Å². The lowest BCUT2D eigenvalue weighted by molar-refractivity contribution is -0.245. The van der Waals surface area contributed by atoms with E-state index in [-0.39, 0.29) is 23.4 Å². The highest BCUT2D eigenvalue weighted by Crippen LogP contribution is 2.37. The molecule has 1 aliphatic heterocycles. The van der Waals surface area contributed by atoms with E-state index < -0.39 is 11.1 Å². The standard InChI is InChI=1S/C17H26N2O4/c1-10-6-13(20)14(21)7-12(10)15(22)18-11-8-16(2,3)19(23)17(4,5)9-11/h6-7,11,20-21,23H,8-9H2,1-5H3,(H,18,22). The molecule has 0 spiro atoms. The van der Waals surface area contributed by atoms with Crippen LogP contribution in [0.1, 0.15) is 56.5 Å². The van der Waals surface area contributed by atoms with Crippen molar-refractivity contribution < 1.29 is 20.2 Å². The van der Waals surface area contributed by atoms with Gasteiger partial charge in [0.15, 0.2) is 11.5 Å². The number of carbonyl (C=O) groups excluding carboxylic acids is 1. The smallest absolute Gasteiger partial charge is 0.251 e. The highest BCUT2D eigenvalue weighted by molar-refractivity contribution is 5.96. The highest BCUT2D eigenvalue weighted by atomic mass is 16.5. The van der Waals surface area contributed by atoms with Crippen LogP contribution >= 0.6 is 0 Å². The fraction of sp³-hybridized carbons (Fsp3) is 0.588. The molecule has 0 aliphatic carbocycles. The molecular formula is C17H26N2O4. The van der Waals surface area contributed by atoms with Crippen molar-refractivity contribution in [3.05, 3.63) is 23.3 Å². The Bertz CT molecular complexity index is 607. The maximum atomic E-state index is 12.5. The number of nitrogens with one attached hydrogen (secondary N) is 1. The van der Waals surface area contributed by atoms with Gasteiger partial charge in [-0.25, -0.2) is 0 Å². The Balaban J connectivity index is 2.19. The summed E-state index contributed by atoms with van der Waals surface area (Å²) in [6.45, 7) is 9.45. The molecule has 1 heterocycles. The van der Waals surface area contributed by atoms with Crippen LogP contribution in [0.15, 0.2) is 12.1 Å². The van der Waals surface area contributed by atoms with Crippen molar-refractivity contribution in [1.82, 2.24) is 10.4 Å². The highest BCUT2D eigenvalue weighted by Gasteiger charge is 2.45. The van der Waals surface area contributed by atoms with E-state index in [1.165, 1.54) is 17.2 Å². The van der Waals surface area contributed by atoms with Crippen LogP contribution in [0, 0.1) is 6.92 Å². The summed E-state index contributed by atoms with van der Waals surface area (Å²) in [5.41, 5.74) is 0.0239. The number of rotatable bonds is 2. The van der Waals surface area contributed by atoms with Gasteiger partial charge in [-0.3, -0.25) is 4.79 Å². The number of aryl methyl sites for hydroxylation is 1. The number of phenols is 2. The molecule has 1 fully saturated rings. The van der Waals surface area contributed by atoms with Gasteiger partial charge in [-0.05, 0) is 65.2 Å². The zero-order valence-corrected chi connectivity index (χ0v) is 14.3. The molecule has 6 nitrogen and oxygen atoms in total. The summed E-state index contributed by atoms with van der Waals surface area (Å²) in [6.07, 6.45) is 1.23. The Morgan fingerprint density at radius 1 is 1.13 bits per heavy atom. The normalized spacial score (nSPS) is 21.1. The van der Waals surface area contributed by atoms with Gasteiger partial charge in [0, 0.05) is 22.7 Å². The van der Waals surface area contributed by atoms with Gasteiger partial charge in [0.25, 0.3) is 5.91 Å². The number of hydrogen-bond donors (Lipinski definition) is 4. The van der Waals surface area contributed by atoms with Gasteiger partial charge >= 0.3 is 0 Å². The summed E-state index contributed by atoms with van der Waals surface area (Å²) in [7, 11) is 0. The topological polar surface area (TPSA) is 93.0 Å². The minimum atomic E-state index is -0.453. The third-order valence-corrected chi connectivity index (χ3v) is 4.54. The van der Waals surface area contributed by atoms with Crippen molar-refractivity contribution in [1.29, 1.82) is 0 Å². The van der Waals surface area contributed by atoms with Gasteiger partial charge in [-0.2, -0.15) is 5.06 Å². The molecule has 0 aromatic heterocycles. The molecule has 1 saturated heterocycles. The largest absolute Gasteiger partial charge is 0.504 e. The van der Waals surface area contributed by atoms with Crippen LogP contribution in [0.2, 0.25) is 0 Å². The molecule has 1 aliphatic rings. The minimum Gasteiger partial charge on any atom is -0.504 e. The van der Waals surface area contributed by atoms with Crippen LogP contribution in [0.25, 0.3) is 0 Å². The summed E-state index contributed by atoms with van der Waals surface area (Å²) in [5, 5.41) is 33.7. The van der Waals surface area contributed by atoms with Crippen LogP contribution in [0.5, 0.6) is 11.5 Å². The molecule has 6 heteroatoms. The molecule has 0 saturated carbocycles. The average molecular weight is 322 g/mol. The molecule has 4 N–H and O–H groups in total. The van der Waals surface area contributed by atoms with Crippen molar-refractivity contribution in [2.24, 2.45) is 0 Å². The summed E-state index contributed by atoms with van der Waals surface area (Å²) in [5.74, 6) is -0.845. The van der Waals surface area contributed by atoms with Crippen LogP contribution in [0.3, 0.4) is 0 Å². The van der Waals surface area contributed by atoms with Crippen molar-refractivity contribution in [2.75, 3.05) is 0 Å².